The topological polar surface area (TPSA) is 132 Å². The van der Waals surface area contributed by atoms with Crippen molar-refractivity contribution in [3.8, 4) is 0 Å². The number of ether oxygens (including phenoxy) is 4. The third-order valence-electron chi connectivity index (χ3n) is 14.7. The van der Waals surface area contributed by atoms with E-state index in [1.54, 1.807) is 13.8 Å². The monoisotopic (exact) mass is 634 g/mol. The van der Waals surface area contributed by atoms with Crippen LogP contribution in [0.3, 0.4) is 0 Å². The Kier molecular flexibility index (Phi) is 8.23. The summed E-state index contributed by atoms with van der Waals surface area (Å²) < 4.78 is 24.3. The van der Waals surface area contributed by atoms with Gasteiger partial charge < -0.3 is 34.3 Å². The molecule has 6 fully saturated rings. The Morgan fingerprint density at radius 1 is 1.04 bits per heavy atom. The molecule has 45 heavy (non-hydrogen) atoms. The van der Waals surface area contributed by atoms with E-state index in [0.717, 1.165) is 44.9 Å². The standard InChI is InChI=1S/C36H58O9/c1-20-17-22(30(32(5,6)41)43-21(2)39)44-28-27(20)33(7)13-14-36-19-35(36)12-11-25(45-26(18-38)42-16-15-37)31(3,4)23(35)9-10-24(36)34(33,8)29(28)40/h20,22-28,30,37-38,41H,9-19H2,1-8H3. The predicted octanol–water partition coefficient (Wildman–Crippen LogP) is 4.42. The average Bonchev–Trinajstić information content (AvgIpc) is 3.59. The summed E-state index contributed by atoms with van der Waals surface area (Å²) in [5.41, 5.74) is -1.80. The summed E-state index contributed by atoms with van der Waals surface area (Å²) in [7, 11) is 0. The zero-order valence-electron chi connectivity index (χ0n) is 28.8. The van der Waals surface area contributed by atoms with Crippen LogP contribution >= 0.6 is 0 Å². The molecule has 5 saturated carbocycles. The highest BCUT2D eigenvalue weighted by Crippen LogP contribution is 2.89. The lowest BCUT2D eigenvalue weighted by Crippen LogP contribution is -2.59. The van der Waals surface area contributed by atoms with Crippen molar-refractivity contribution in [2.24, 2.45) is 50.7 Å². The molecule has 0 aromatic heterocycles. The van der Waals surface area contributed by atoms with Crippen LogP contribution in [0.5, 0.6) is 0 Å². The highest BCUT2D eigenvalue weighted by Gasteiger charge is 2.85. The predicted molar refractivity (Wildman–Crippen MR) is 166 cm³/mol. The first-order valence-corrected chi connectivity index (χ1v) is 17.5. The van der Waals surface area contributed by atoms with E-state index in [2.05, 4.69) is 34.6 Å². The van der Waals surface area contributed by atoms with E-state index in [-0.39, 0.29) is 71.1 Å². The van der Waals surface area contributed by atoms with Crippen LogP contribution in [0.4, 0.5) is 0 Å². The molecule has 9 nitrogen and oxygen atoms in total. The Bertz CT molecular complexity index is 1180. The molecular formula is C36H58O9. The molecule has 0 bridgehead atoms. The number of aliphatic hydroxyl groups excluding tert-OH is 2. The maximum Gasteiger partial charge on any atom is 0.303 e. The van der Waals surface area contributed by atoms with Crippen molar-refractivity contribution in [2.45, 2.75) is 143 Å². The van der Waals surface area contributed by atoms with Crippen molar-refractivity contribution in [2.75, 3.05) is 19.8 Å². The molecule has 0 aromatic carbocycles. The molecule has 9 heteroatoms. The smallest absolute Gasteiger partial charge is 0.303 e. The zero-order chi connectivity index (χ0) is 33.0. The Balaban J connectivity index is 1.27. The minimum atomic E-state index is -1.30. The van der Waals surface area contributed by atoms with Gasteiger partial charge in [0.1, 0.15) is 6.10 Å². The van der Waals surface area contributed by atoms with Crippen LogP contribution in [-0.2, 0) is 28.5 Å². The Hall–Kier alpha value is -1.10. The number of rotatable bonds is 9. The number of esters is 1. The second-order valence-corrected chi connectivity index (χ2v) is 17.4. The largest absolute Gasteiger partial charge is 0.457 e. The van der Waals surface area contributed by atoms with Crippen LogP contribution < -0.4 is 0 Å². The van der Waals surface area contributed by atoms with E-state index >= 15 is 0 Å². The molecule has 5 aliphatic carbocycles. The summed E-state index contributed by atoms with van der Waals surface area (Å²) in [6.07, 6.45) is 5.18. The fourth-order valence-corrected chi connectivity index (χ4v) is 12.8. The van der Waals surface area contributed by atoms with Gasteiger partial charge in [0.15, 0.2) is 18.2 Å². The third kappa shape index (κ3) is 4.60. The minimum Gasteiger partial charge on any atom is -0.457 e. The molecule has 0 radical (unpaired) electrons. The summed E-state index contributed by atoms with van der Waals surface area (Å²) in [5, 5.41) is 30.1. The molecule has 13 atom stereocenters. The number of ketones is 1. The van der Waals surface area contributed by atoms with Crippen LogP contribution in [0.15, 0.2) is 0 Å². The third-order valence-corrected chi connectivity index (χ3v) is 14.7. The summed E-state index contributed by atoms with van der Waals surface area (Å²) >= 11 is 0. The van der Waals surface area contributed by atoms with Gasteiger partial charge in [-0.15, -0.1) is 0 Å². The molecule has 1 saturated heterocycles. The van der Waals surface area contributed by atoms with E-state index in [1.807, 2.05) is 0 Å². The van der Waals surface area contributed by atoms with E-state index < -0.39 is 41.6 Å². The fourth-order valence-electron chi connectivity index (χ4n) is 12.8. The molecule has 256 valence electrons. The van der Waals surface area contributed by atoms with Gasteiger partial charge in [0, 0.05) is 18.3 Å². The lowest BCUT2D eigenvalue weighted by atomic mass is 9.41. The molecule has 2 spiro atoms. The number of aliphatic hydroxyl groups is 3. The summed E-state index contributed by atoms with van der Waals surface area (Å²) in [5.74, 6) is 0.776. The number of hydrogen-bond acceptors (Lipinski definition) is 9. The normalized spacial score (nSPS) is 47.8. The van der Waals surface area contributed by atoms with Crippen molar-refractivity contribution in [3.05, 3.63) is 0 Å². The minimum absolute atomic E-state index is 0.0503. The molecule has 1 heterocycles. The van der Waals surface area contributed by atoms with Gasteiger partial charge in [-0.05, 0) is 105 Å². The van der Waals surface area contributed by atoms with Crippen molar-refractivity contribution in [3.63, 3.8) is 0 Å². The summed E-state index contributed by atoms with van der Waals surface area (Å²) in [4.78, 5) is 26.9. The molecule has 3 N–H and O–H groups in total. The van der Waals surface area contributed by atoms with Crippen molar-refractivity contribution < 1.29 is 43.9 Å². The molecule has 6 aliphatic rings. The van der Waals surface area contributed by atoms with E-state index in [9.17, 15) is 24.9 Å². The maximum absolute atomic E-state index is 14.9. The van der Waals surface area contributed by atoms with Gasteiger partial charge in [0.05, 0.1) is 37.6 Å². The van der Waals surface area contributed by atoms with Crippen LogP contribution in [0.2, 0.25) is 0 Å². The highest BCUT2D eigenvalue weighted by molar-refractivity contribution is 5.93. The van der Waals surface area contributed by atoms with Gasteiger partial charge in [-0.3, -0.25) is 9.59 Å². The van der Waals surface area contributed by atoms with E-state index in [4.69, 9.17) is 18.9 Å². The molecule has 6 rings (SSSR count). The summed E-state index contributed by atoms with van der Waals surface area (Å²) in [6.45, 7) is 15.9. The van der Waals surface area contributed by atoms with E-state index in [1.165, 1.54) is 6.92 Å². The molecule has 0 aromatic rings. The number of carbonyl (C=O) groups is 2. The molecule has 0 amide bonds. The Morgan fingerprint density at radius 2 is 1.71 bits per heavy atom. The second kappa shape index (κ2) is 11.0. The lowest BCUT2D eigenvalue weighted by molar-refractivity contribution is -0.241. The molecular weight excluding hydrogens is 576 g/mol. The van der Waals surface area contributed by atoms with Crippen LogP contribution in [0, 0.1) is 50.7 Å². The first-order chi connectivity index (χ1) is 20.9. The lowest BCUT2D eigenvalue weighted by Gasteiger charge is -2.62. The van der Waals surface area contributed by atoms with Crippen molar-refractivity contribution >= 4 is 11.8 Å². The van der Waals surface area contributed by atoms with E-state index in [0.29, 0.717) is 12.3 Å². The summed E-state index contributed by atoms with van der Waals surface area (Å²) in [6, 6.07) is 0. The van der Waals surface area contributed by atoms with Gasteiger partial charge in [-0.2, -0.15) is 0 Å². The number of carbonyl (C=O) groups excluding carboxylic acids is 2. The average molecular weight is 635 g/mol. The van der Waals surface area contributed by atoms with Crippen LogP contribution in [0.1, 0.15) is 107 Å². The van der Waals surface area contributed by atoms with Gasteiger partial charge in [-0.25, -0.2) is 0 Å². The molecule has 1 aliphatic heterocycles. The SMILES string of the molecule is CC(=O)OC(C1CC(C)C2C(O1)C(=O)C1(C)C3CCC4C(C)(C)C(OC(CO)OCCO)CCC45CC35CCC21C)C(C)(C)O. The number of fused-ring (bicyclic) bond motifs is 4. The Labute approximate surface area is 269 Å². The first-order valence-electron chi connectivity index (χ1n) is 17.5. The molecule has 13 unspecified atom stereocenters. The van der Waals surface area contributed by atoms with Gasteiger partial charge >= 0.3 is 5.97 Å². The van der Waals surface area contributed by atoms with Crippen LogP contribution in [0.25, 0.3) is 0 Å². The quantitative estimate of drug-likeness (QED) is 0.249. The fraction of sp³-hybridized carbons (Fsp3) is 0.944. The van der Waals surface area contributed by atoms with Crippen molar-refractivity contribution in [1.82, 2.24) is 0 Å². The number of hydrogen-bond donors (Lipinski definition) is 3. The zero-order valence-corrected chi connectivity index (χ0v) is 28.8. The second-order valence-electron chi connectivity index (χ2n) is 17.4. The highest BCUT2D eigenvalue weighted by atomic mass is 16.7. The first kappa shape index (κ1) is 33.8. The van der Waals surface area contributed by atoms with Crippen LogP contribution in [-0.4, -0.2) is 83.2 Å². The van der Waals surface area contributed by atoms with Gasteiger partial charge in [-0.1, -0.05) is 34.6 Å². The van der Waals surface area contributed by atoms with Gasteiger partial charge in [0.2, 0.25) is 0 Å². The van der Waals surface area contributed by atoms with Gasteiger partial charge in [0.25, 0.3) is 0 Å². The number of Topliss-reactive ketones (excluding diaryl/α,β-unsaturated/α-hetero) is 1. The maximum atomic E-state index is 14.9. The Morgan fingerprint density at radius 3 is 2.33 bits per heavy atom. The van der Waals surface area contributed by atoms with Crippen molar-refractivity contribution in [1.29, 1.82) is 0 Å².